The minimum atomic E-state index is 0.416. The molecule has 0 aliphatic heterocycles. The monoisotopic (exact) mass is 239 g/mol. The van der Waals surface area contributed by atoms with Gasteiger partial charge in [0, 0.05) is 41.5 Å². The first-order chi connectivity index (χ1) is 7.61. The highest BCUT2D eigenvalue weighted by Crippen LogP contribution is 2.32. The van der Waals surface area contributed by atoms with E-state index in [1.807, 2.05) is 0 Å². The van der Waals surface area contributed by atoms with Gasteiger partial charge in [-0.2, -0.15) is 10.6 Å². The molecule has 0 amide bonds. The highest BCUT2D eigenvalue weighted by Gasteiger charge is 2.12. The molecule has 0 fully saturated rings. The third-order valence-corrected chi connectivity index (χ3v) is 2.62. The summed E-state index contributed by atoms with van der Waals surface area (Å²) in [4.78, 5) is 0. The molecule has 0 spiro atoms. The molecule has 0 aliphatic rings. The van der Waals surface area contributed by atoms with Gasteiger partial charge in [0.15, 0.2) is 11.5 Å². The lowest BCUT2D eigenvalue weighted by Crippen LogP contribution is -2.73. The van der Waals surface area contributed by atoms with Gasteiger partial charge in [-0.25, -0.2) is 5.21 Å². The van der Waals surface area contributed by atoms with Crippen molar-refractivity contribution < 1.29 is 10.7 Å². The fourth-order valence-electron chi connectivity index (χ4n) is 1.54. The third-order valence-electron chi connectivity index (χ3n) is 2.29. The largest absolute Gasteiger partial charge is 0.382 e. The Kier molecular flexibility index (Phi) is 2.82. The van der Waals surface area contributed by atoms with Gasteiger partial charge in [-0.05, 0) is 6.07 Å². The second-order valence-corrected chi connectivity index (χ2v) is 3.88. The molecule has 6 heteroatoms. The molecule has 0 bridgehead atoms. The maximum Gasteiger partial charge on any atom is 0.162 e. The van der Waals surface area contributed by atoms with Crippen LogP contribution in [0.25, 0.3) is 11.1 Å². The van der Waals surface area contributed by atoms with Crippen LogP contribution in [0.4, 0.5) is 11.5 Å². The second-order valence-electron chi connectivity index (χ2n) is 3.47. The number of aryl methyl sites for hydroxylation is 1. The molecule has 0 unspecified atom stereocenters. The first-order valence-corrected chi connectivity index (χ1v) is 5.06. The van der Waals surface area contributed by atoms with Crippen LogP contribution in [0.5, 0.6) is 0 Å². The topological polar surface area (TPSA) is 80.7 Å². The molecule has 0 saturated carbocycles. The van der Waals surface area contributed by atoms with E-state index in [-0.39, 0.29) is 0 Å². The van der Waals surface area contributed by atoms with Gasteiger partial charge >= 0.3 is 0 Å². The van der Waals surface area contributed by atoms with Gasteiger partial charge in [-0.1, -0.05) is 11.6 Å². The number of nitrogen functional groups attached to an aromatic ring is 1. The van der Waals surface area contributed by atoms with Gasteiger partial charge in [0.1, 0.15) is 0 Å². The minimum absolute atomic E-state index is 0.416. The summed E-state index contributed by atoms with van der Waals surface area (Å²) in [6, 6.07) is 5.19. The van der Waals surface area contributed by atoms with Crippen LogP contribution in [0.1, 0.15) is 0 Å². The van der Waals surface area contributed by atoms with E-state index in [1.54, 1.807) is 36.1 Å². The van der Waals surface area contributed by atoms with Gasteiger partial charge < -0.3 is 5.73 Å². The van der Waals surface area contributed by atoms with Crippen LogP contribution in [-0.2, 0) is 7.05 Å². The molecule has 1 aromatic carbocycles. The predicted molar refractivity (Wildman–Crippen MR) is 61.4 cm³/mol. The zero-order valence-corrected chi connectivity index (χ0v) is 9.44. The highest BCUT2D eigenvalue weighted by molar-refractivity contribution is 6.33. The van der Waals surface area contributed by atoms with Crippen LogP contribution in [0.15, 0.2) is 24.4 Å². The van der Waals surface area contributed by atoms with Crippen molar-refractivity contribution in [3.05, 3.63) is 29.4 Å². The SMILES string of the molecule is Cn1cc(-c2cc([NH2+]O)ccc2Cl)c(N)n1. The van der Waals surface area contributed by atoms with Gasteiger partial charge in [0.05, 0.1) is 0 Å². The van der Waals surface area contributed by atoms with Crippen LogP contribution in [0.2, 0.25) is 5.02 Å². The van der Waals surface area contributed by atoms with Crippen LogP contribution < -0.4 is 11.2 Å². The Labute approximate surface area is 97.4 Å². The maximum atomic E-state index is 8.95. The summed E-state index contributed by atoms with van der Waals surface area (Å²) in [5, 5.41) is 13.6. The van der Waals surface area contributed by atoms with E-state index >= 15 is 0 Å². The molecule has 1 aromatic heterocycles. The number of aromatic nitrogens is 2. The van der Waals surface area contributed by atoms with E-state index in [9.17, 15) is 0 Å². The first-order valence-electron chi connectivity index (χ1n) is 4.68. The van der Waals surface area contributed by atoms with Crippen LogP contribution in [0.3, 0.4) is 0 Å². The number of rotatable bonds is 2. The fraction of sp³-hybridized carbons (Fsp3) is 0.100. The summed E-state index contributed by atoms with van der Waals surface area (Å²) in [5.41, 5.74) is 8.98. The van der Waals surface area contributed by atoms with Gasteiger partial charge in [0.2, 0.25) is 0 Å². The van der Waals surface area contributed by atoms with E-state index < -0.39 is 0 Å². The molecule has 0 radical (unpaired) electrons. The summed E-state index contributed by atoms with van der Waals surface area (Å²) in [6.07, 6.45) is 1.79. The molecule has 5 nitrogen and oxygen atoms in total. The Hall–Kier alpha value is -1.56. The molecule has 16 heavy (non-hydrogen) atoms. The van der Waals surface area contributed by atoms with E-state index in [1.165, 1.54) is 0 Å². The fourth-order valence-corrected chi connectivity index (χ4v) is 1.76. The van der Waals surface area contributed by atoms with Crippen molar-refractivity contribution in [1.82, 2.24) is 9.78 Å². The van der Waals surface area contributed by atoms with E-state index in [0.717, 1.165) is 16.6 Å². The Bertz CT molecular complexity index is 524. The second kappa shape index (κ2) is 4.13. The summed E-state index contributed by atoms with van der Waals surface area (Å²) in [5.74, 6) is 0.416. The van der Waals surface area contributed by atoms with Crippen LogP contribution in [0, 0.1) is 0 Å². The van der Waals surface area contributed by atoms with E-state index in [2.05, 4.69) is 5.10 Å². The summed E-state index contributed by atoms with van der Waals surface area (Å²) in [7, 11) is 1.79. The molecule has 0 aliphatic carbocycles. The molecule has 84 valence electrons. The van der Waals surface area contributed by atoms with E-state index in [0.29, 0.717) is 16.5 Å². The molecular formula is C10H12ClN4O+. The zero-order valence-electron chi connectivity index (χ0n) is 8.68. The summed E-state index contributed by atoms with van der Waals surface area (Å²) >= 11 is 6.08. The lowest BCUT2D eigenvalue weighted by molar-refractivity contribution is -0.825. The average molecular weight is 240 g/mol. The molecular weight excluding hydrogens is 228 g/mol. The molecule has 0 atom stereocenters. The number of halogens is 1. The smallest absolute Gasteiger partial charge is 0.162 e. The Balaban J connectivity index is 2.58. The molecule has 2 rings (SSSR count). The van der Waals surface area contributed by atoms with Crippen molar-refractivity contribution in [2.75, 3.05) is 5.73 Å². The predicted octanol–water partition coefficient (Wildman–Crippen LogP) is 0.907. The first kappa shape index (κ1) is 10.9. The maximum absolute atomic E-state index is 8.95. The Morgan fingerprint density at radius 1 is 1.44 bits per heavy atom. The van der Waals surface area contributed by atoms with Crippen LogP contribution in [-0.4, -0.2) is 15.0 Å². The number of anilines is 1. The van der Waals surface area contributed by atoms with Gasteiger partial charge in [-0.3, -0.25) is 4.68 Å². The molecule has 2 aromatic rings. The quantitative estimate of drug-likeness (QED) is 0.538. The zero-order chi connectivity index (χ0) is 11.7. The van der Waals surface area contributed by atoms with Crippen molar-refractivity contribution in [2.45, 2.75) is 0 Å². The number of nitrogens with zero attached hydrogens (tertiary/aromatic N) is 2. The molecule has 1 heterocycles. The minimum Gasteiger partial charge on any atom is -0.382 e. The van der Waals surface area contributed by atoms with Crippen molar-refractivity contribution in [3.8, 4) is 11.1 Å². The van der Waals surface area contributed by atoms with Crippen molar-refractivity contribution in [2.24, 2.45) is 7.05 Å². The third kappa shape index (κ3) is 1.88. The van der Waals surface area contributed by atoms with Crippen molar-refractivity contribution in [3.63, 3.8) is 0 Å². The van der Waals surface area contributed by atoms with Crippen molar-refractivity contribution in [1.29, 1.82) is 0 Å². The summed E-state index contributed by atoms with van der Waals surface area (Å²) in [6.45, 7) is 0. The normalized spacial score (nSPS) is 10.7. The molecule has 5 N–H and O–H groups in total. The number of quaternary nitrogens is 1. The number of benzene rings is 1. The lowest BCUT2D eigenvalue weighted by atomic mass is 10.1. The van der Waals surface area contributed by atoms with Gasteiger partial charge in [0.25, 0.3) is 0 Å². The van der Waals surface area contributed by atoms with E-state index in [4.69, 9.17) is 22.5 Å². The Morgan fingerprint density at radius 3 is 2.75 bits per heavy atom. The number of hydrogen-bond acceptors (Lipinski definition) is 3. The van der Waals surface area contributed by atoms with Crippen LogP contribution >= 0.6 is 11.6 Å². The number of nitrogens with two attached hydrogens (primary N) is 2. The Morgan fingerprint density at radius 2 is 2.19 bits per heavy atom. The van der Waals surface area contributed by atoms with Crippen molar-refractivity contribution >= 4 is 23.1 Å². The standard InChI is InChI=1S/C10H11ClN4O/c1-15-5-8(10(12)13-15)7-4-6(14-16)2-3-9(7)11/h2-5,14,16H,1H3,(H2,12,13)/p+1. The summed E-state index contributed by atoms with van der Waals surface area (Å²) < 4.78 is 1.62. The average Bonchev–Trinajstić information content (AvgIpc) is 2.58. The lowest BCUT2D eigenvalue weighted by Gasteiger charge is -2.02. The molecule has 0 saturated heterocycles. The number of hydrogen-bond donors (Lipinski definition) is 3. The highest BCUT2D eigenvalue weighted by atomic mass is 35.5. The van der Waals surface area contributed by atoms with Gasteiger partial charge in [-0.15, -0.1) is 0 Å².